The summed E-state index contributed by atoms with van der Waals surface area (Å²) in [6, 6.07) is 0. The molecule has 78 valence electrons. The molecular weight excluding hydrogens is 174 g/mol. The monoisotopic (exact) mass is 193 g/mol. The molecule has 0 bridgehead atoms. The van der Waals surface area contributed by atoms with Gasteiger partial charge in [-0.1, -0.05) is 0 Å². The third-order valence-corrected chi connectivity index (χ3v) is 3.31. The fourth-order valence-electron chi connectivity index (χ4n) is 2.08. The summed E-state index contributed by atoms with van der Waals surface area (Å²) in [6.07, 6.45) is 3.74. The number of nitrogens with one attached hydrogen (secondary N) is 2. The first-order valence-electron chi connectivity index (χ1n) is 5.48. The molecule has 1 aromatic heterocycles. The maximum absolute atomic E-state index is 4.33. The Morgan fingerprint density at radius 3 is 2.86 bits per heavy atom. The van der Waals surface area contributed by atoms with Crippen molar-refractivity contribution in [2.45, 2.75) is 33.1 Å². The van der Waals surface area contributed by atoms with E-state index in [1.165, 1.54) is 42.9 Å². The molecule has 1 atom stereocenters. The lowest BCUT2D eigenvalue weighted by molar-refractivity contribution is 0.528. The van der Waals surface area contributed by atoms with E-state index in [1.807, 2.05) is 0 Å². The van der Waals surface area contributed by atoms with Crippen molar-refractivity contribution in [3.05, 3.63) is 17.0 Å². The number of hydrogen-bond acceptors (Lipinski definition) is 2. The number of H-pyrrole nitrogens is 1. The maximum atomic E-state index is 4.33. The molecule has 0 spiro atoms. The first-order chi connectivity index (χ1) is 6.77. The Balaban J connectivity index is 1.88. The Morgan fingerprint density at radius 1 is 1.43 bits per heavy atom. The minimum absolute atomic E-state index is 0.867. The summed E-state index contributed by atoms with van der Waals surface area (Å²) in [5.74, 6) is 0.867. The molecule has 1 aromatic rings. The molecular formula is C11H19N3. The Labute approximate surface area is 85.3 Å². The summed E-state index contributed by atoms with van der Waals surface area (Å²) in [7, 11) is 0. The summed E-state index contributed by atoms with van der Waals surface area (Å²) in [5, 5.41) is 10.8. The van der Waals surface area contributed by atoms with Gasteiger partial charge in [-0.3, -0.25) is 5.10 Å². The fourth-order valence-corrected chi connectivity index (χ4v) is 2.08. The number of hydrogen-bond donors (Lipinski definition) is 2. The maximum Gasteiger partial charge on any atom is 0.0654 e. The third-order valence-electron chi connectivity index (χ3n) is 3.31. The lowest BCUT2D eigenvalue weighted by Gasteiger charge is -2.06. The van der Waals surface area contributed by atoms with Crippen molar-refractivity contribution >= 4 is 0 Å². The molecule has 1 aliphatic heterocycles. The van der Waals surface area contributed by atoms with Crippen molar-refractivity contribution in [1.82, 2.24) is 15.5 Å². The van der Waals surface area contributed by atoms with E-state index in [9.17, 15) is 0 Å². The molecule has 2 N–H and O–H groups in total. The highest BCUT2D eigenvalue weighted by molar-refractivity contribution is 5.22. The molecule has 1 unspecified atom stereocenters. The van der Waals surface area contributed by atoms with E-state index in [-0.39, 0.29) is 0 Å². The van der Waals surface area contributed by atoms with Crippen molar-refractivity contribution in [1.29, 1.82) is 0 Å². The quantitative estimate of drug-likeness (QED) is 0.765. The highest BCUT2D eigenvalue weighted by Gasteiger charge is 2.15. The average Bonchev–Trinajstić information content (AvgIpc) is 2.77. The van der Waals surface area contributed by atoms with Crippen molar-refractivity contribution in [2.24, 2.45) is 5.92 Å². The summed E-state index contributed by atoms with van der Waals surface area (Å²) in [4.78, 5) is 0. The Bertz CT molecular complexity index is 297. The zero-order valence-electron chi connectivity index (χ0n) is 9.06. The molecule has 14 heavy (non-hydrogen) atoms. The number of aromatic amines is 1. The van der Waals surface area contributed by atoms with Crippen molar-refractivity contribution in [3.8, 4) is 0 Å². The molecule has 1 fully saturated rings. The van der Waals surface area contributed by atoms with Crippen LogP contribution >= 0.6 is 0 Å². The SMILES string of the molecule is Cc1[nH]nc(CCC2CCNC2)c1C. The summed E-state index contributed by atoms with van der Waals surface area (Å²) in [5.41, 5.74) is 3.81. The van der Waals surface area contributed by atoms with Gasteiger partial charge in [-0.2, -0.15) is 5.10 Å². The molecule has 1 aliphatic rings. The predicted molar refractivity (Wildman–Crippen MR) is 57.4 cm³/mol. The molecule has 0 saturated carbocycles. The van der Waals surface area contributed by atoms with Crippen LogP contribution in [0.25, 0.3) is 0 Å². The first-order valence-corrected chi connectivity index (χ1v) is 5.48. The molecule has 2 rings (SSSR count). The number of aromatic nitrogens is 2. The van der Waals surface area contributed by atoms with E-state index in [1.54, 1.807) is 0 Å². The van der Waals surface area contributed by atoms with Gasteiger partial charge >= 0.3 is 0 Å². The van der Waals surface area contributed by atoms with E-state index in [4.69, 9.17) is 0 Å². The normalized spacial score (nSPS) is 21.7. The molecule has 3 heteroatoms. The van der Waals surface area contributed by atoms with Gasteiger partial charge in [-0.05, 0) is 57.7 Å². The van der Waals surface area contributed by atoms with Gasteiger partial charge in [0.2, 0.25) is 0 Å². The molecule has 1 saturated heterocycles. The summed E-state index contributed by atoms with van der Waals surface area (Å²) in [6.45, 7) is 6.63. The second-order valence-corrected chi connectivity index (χ2v) is 4.32. The third kappa shape index (κ3) is 1.98. The van der Waals surface area contributed by atoms with Gasteiger partial charge in [0, 0.05) is 5.69 Å². The van der Waals surface area contributed by atoms with E-state index in [2.05, 4.69) is 29.4 Å². The molecule has 3 nitrogen and oxygen atoms in total. The Hall–Kier alpha value is -0.830. The molecule has 0 aromatic carbocycles. The van der Waals surface area contributed by atoms with Gasteiger partial charge in [0.15, 0.2) is 0 Å². The highest BCUT2D eigenvalue weighted by Crippen LogP contribution is 2.17. The minimum atomic E-state index is 0.867. The largest absolute Gasteiger partial charge is 0.316 e. The van der Waals surface area contributed by atoms with Crippen LogP contribution in [0.5, 0.6) is 0 Å². The van der Waals surface area contributed by atoms with Gasteiger partial charge in [-0.15, -0.1) is 0 Å². The van der Waals surface area contributed by atoms with Crippen LogP contribution in [0.1, 0.15) is 29.8 Å². The van der Waals surface area contributed by atoms with E-state index >= 15 is 0 Å². The second kappa shape index (κ2) is 4.13. The number of aryl methyl sites for hydroxylation is 2. The minimum Gasteiger partial charge on any atom is -0.316 e. The topological polar surface area (TPSA) is 40.7 Å². The smallest absolute Gasteiger partial charge is 0.0654 e. The van der Waals surface area contributed by atoms with Crippen LogP contribution in [0.15, 0.2) is 0 Å². The summed E-state index contributed by atoms with van der Waals surface area (Å²) >= 11 is 0. The lowest BCUT2D eigenvalue weighted by Crippen LogP contribution is -2.09. The van der Waals surface area contributed by atoms with Crippen molar-refractivity contribution in [2.75, 3.05) is 13.1 Å². The molecule has 0 aliphatic carbocycles. The van der Waals surface area contributed by atoms with Crippen LogP contribution in [-0.4, -0.2) is 23.3 Å². The zero-order chi connectivity index (χ0) is 9.97. The van der Waals surface area contributed by atoms with Gasteiger partial charge in [-0.25, -0.2) is 0 Å². The van der Waals surface area contributed by atoms with Crippen LogP contribution in [0, 0.1) is 19.8 Å². The highest BCUT2D eigenvalue weighted by atomic mass is 15.1. The van der Waals surface area contributed by atoms with E-state index in [0.29, 0.717) is 0 Å². The van der Waals surface area contributed by atoms with E-state index < -0.39 is 0 Å². The van der Waals surface area contributed by atoms with Gasteiger partial charge < -0.3 is 5.32 Å². The standard InChI is InChI=1S/C11H19N3/c1-8-9(2)13-14-11(8)4-3-10-5-6-12-7-10/h10,12H,3-7H2,1-2H3,(H,13,14). The number of nitrogens with zero attached hydrogens (tertiary/aromatic N) is 1. The van der Waals surface area contributed by atoms with Crippen molar-refractivity contribution < 1.29 is 0 Å². The van der Waals surface area contributed by atoms with Crippen LogP contribution in [0.4, 0.5) is 0 Å². The Kier molecular flexibility index (Phi) is 2.87. The van der Waals surface area contributed by atoms with Crippen LogP contribution in [0.3, 0.4) is 0 Å². The summed E-state index contributed by atoms with van der Waals surface area (Å²) < 4.78 is 0. The first kappa shape index (κ1) is 9.71. The molecule has 0 radical (unpaired) electrons. The second-order valence-electron chi connectivity index (χ2n) is 4.32. The molecule has 0 amide bonds. The zero-order valence-corrected chi connectivity index (χ0v) is 9.06. The van der Waals surface area contributed by atoms with Crippen molar-refractivity contribution in [3.63, 3.8) is 0 Å². The Morgan fingerprint density at radius 2 is 2.29 bits per heavy atom. The van der Waals surface area contributed by atoms with Crippen LogP contribution < -0.4 is 5.32 Å². The van der Waals surface area contributed by atoms with Gasteiger partial charge in [0.05, 0.1) is 5.69 Å². The number of rotatable bonds is 3. The average molecular weight is 193 g/mol. The molecule has 2 heterocycles. The van der Waals surface area contributed by atoms with Gasteiger partial charge in [0.25, 0.3) is 0 Å². The van der Waals surface area contributed by atoms with Crippen LogP contribution in [0.2, 0.25) is 0 Å². The predicted octanol–water partition coefficient (Wildman–Crippen LogP) is 1.57. The van der Waals surface area contributed by atoms with Gasteiger partial charge in [0.1, 0.15) is 0 Å². The van der Waals surface area contributed by atoms with E-state index in [0.717, 1.165) is 12.3 Å². The lowest BCUT2D eigenvalue weighted by atomic mass is 10.00. The van der Waals surface area contributed by atoms with Crippen LogP contribution in [-0.2, 0) is 6.42 Å². The fraction of sp³-hybridized carbons (Fsp3) is 0.727.